The van der Waals surface area contributed by atoms with Crippen molar-refractivity contribution in [2.45, 2.75) is 59.0 Å². The SMILES string of the molecule is CCC(C)CC(C)NC(C)CC(=O)OC. The Kier molecular flexibility index (Phi) is 7.39. The predicted octanol–water partition coefficient (Wildman–Crippen LogP) is 2.35. The molecule has 0 aromatic heterocycles. The number of carbonyl (C=O) groups is 1. The van der Waals surface area contributed by atoms with Crippen LogP contribution in [0.25, 0.3) is 0 Å². The summed E-state index contributed by atoms with van der Waals surface area (Å²) in [5.74, 6) is 0.587. The molecule has 90 valence electrons. The Morgan fingerprint density at radius 1 is 1.27 bits per heavy atom. The number of hydrogen-bond donors (Lipinski definition) is 1. The van der Waals surface area contributed by atoms with E-state index in [2.05, 4.69) is 30.8 Å². The van der Waals surface area contributed by atoms with Gasteiger partial charge in [0.05, 0.1) is 13.5 Å². The number of methoxy groups -OCH3 is 1. The van der Waals surface area contributed by atoms with Crippen molar-refractivity contribution in [2.75, 3.05) is 7.11 Å². The van der Waals surface area contributed by atoms with Crippen molar-refractivity contribution in [3.63, 3.8) is 0 Å². The molecule has 0 aromatic rings. The third kappa shape index (κ3) is 7.37. The zero-order valence-electron chi connectivity index (χ0n) is 10.7. The van der Waals surface area contributed by atoms with Crippen molar-refractivity contribution < 1.29 is 9.53 Å². The normalized spacial score (nSPS) is 16.9. The summed E-state index contributed by atoms with van der Waals surface area (Å²) >= 11 is 0. The second-order valence-electron chi connectivity index (χ2n) is 4.50. The van der Waals surface area contributed by atoms with Gasteiger partial charge in [-0.1, -0.05) is 20.3 Å². The minimum absolute atomic E-state index is 0.147. The van der Waals surface area contributed by atoms with Crippen LogP contribution in [0.3, 0.4) is 0 Å². The smallest absolute Gasteiger partial charge is 0.307 e. The zero-order chi connectivity index (χ0) is 11.8. The highest BCUT2D eigenvalue weighted by Crippen LogP contribution is 2.10. The molecule has 0 spiro atoms. The van der Waals surface area contributed by atoms with Gasteiger partial charge in [0, 0.05) is 12.1 Å². The predicted molar refractivity (Wildman–Crippen MR) is 62.8 cm³/mol. The summed E-state index contributed by atoms with van der Waals surface area (Å²) in [5, 5.41) is 3.41. The van der Waals surface area contributed by atoms with Gasteiger partial charge in [-0.05, 0) is 26.2 Å². The molecule has 0 aliphatic heterocycles. The maximum atomic E-state index is 11.0. The summed E-state index contributed by atoms with van der Waals surface area (Å²) in [5.41, 5.74) is 0. The number of esters is 1. The fraction of sp³-hybridized carbons (Fsp3) is 0.917. The molecule has 3 atom stereocenters. The minimum Gasteiger partial charge on any atom is -0.469 e. The van der Waals surface area contributed by atoms with Crippen molar-refractivity contribution >= 4 is 5.97 Å². The molecular weight excluding hydrogens is 190 g/mol. The van der Waals surface area contributed by atoms with Crippen molar-refractivity contribution in [1.82, 2.24) is 5.32 Å². The minimum atomic E-state index is -0.147. The Morgan fingerprint density at radius 2 is 1.87 bits per heavy atom. The quantitative estimate of drug-likeness (QED) is 0.662. The van der Waals surface area contributed by atoms with Gasteiger partial charge in [-0.25, -0.2) is 0 Å². The van der Waals surface area contributed by atoms with E-state index in [-0.39, 0.29) is 12.0 Å². The van der Waals surface area contributed by atoms with Crippen LogP contribution < -0.4 is 5.32 Å². The van der Waals surface area contributed by atoms with E-state index in [4.69, 9.17) is 0 Å². The third-order valence-corrected chi connectivity index (χ3v) is 2.72. The summed E-state index contributed by atoms with van der Waals surface area (Å²) in [6, 6.07) is 0.649. The van der Waals surface area contributed by atoms with Crippen LogP contribution in [0.5, 0.6) is 0 Å². The Balaban J connectivity index is 3.75. The van der Waals surface area contributed by atoms with Gasteiger partial charge < -0.3 is 10.1 Å². The molecule has 0 saturated heterocycles. The van der Waals surface area contributed by atoms with Gasteiger partial charge in [-0.2, -0.15) is 0 Å². The molecule has 0 aliphatic carbocycles. The van der Waals surface area contributed by atoms with Crippen LogP contribution in [-0.2, 0) is 9.53 Å². The highest BCUT2D eigenvalue weighted by Gasteiger charge is 2.13. The maximum absolute atomic E-state index is 11.0. The molecule has 15 heavy (non-hydrogen) atoms. The van der Waals surface area contributed by atoms with E-state index in [9.17, 15) is 4.79 Å². The average Bonchev–Trinajstić information content (AvgIpc) is 2.16. The number of ether oxygens (including phenoxy) is 1. The van der Waals surface area contributed by atoms with E-state index in [0.717, 1.165) is 12.3 Å². The summed E-state index contributed by atoms with van der Waals surface area (Å²) in [6.45, 7) is 8.64. The van der Waals surface area contributed by atoms with E-state index in [1.807, 2.05) is 6.92 Å². The van der Waals surface area contributed by atoms with E-state index in [1.54, 1.807) is 0 Å². The fourth-order valence-corrected chi connectivity index (χ4v) is 1.72. The maximum Gasteiger partial charge on any atom is 0.307 e. The first kappa shape index (κ1) is 14.4. The van der Waals surface area contributed by atoms with Crippen molar-refractivity contribution in [2.24, 2.45) is 5.92 Å². The van der Waals surface area contributed by atoms with Gasteiger partial charge in [0.2, 0.25) is 0 Å². The summed E-state index contributed by atoms with van der Waals surface area (Å²) in [6.07, 6.45) is 2.81. The Hall–Kier alpha value is -0.570. The molecule has 0 fully saturated rings. The standard InChI is InChI=1S/C12H25NO2/c1-6-9(2)7-10(3)13-11(4)8-12(14)15-5/h9-11,13H,6-8H2,1-5H3. The first-order valence-corrected chi connectivity index (χ1v) is 5.82. The van der Waals surface area contributed by atoms with Crippen LogP contribution in [0.1, 0.15) is 47.0 Å². The molecule has 0 amide bonds. The van der Waals surface area contributed by atoms with Gasteiger partial charge in [-0.3, -0.25) is 4.79 Å². The fourth-order valence-electron chi connectivity index (χ4n) is 1.72. The summed E-state index contributed by atoms with van der Waals surface area (Å²) < 4.78 is 4.63. The third-order valence-electron chi connectivity index (χ3n) is 2.72. The zero-order valence-corrected chi connectivity index (χ0v) is 10.7. The Morgan fingerprint density at radius 3 is 2.33 bits per heavy atom. The Bertz CT molecular complexity index is 182. The monoisotopic (exact) mass is 215 g/mol. The van der Waals surface area contributed by atoms with Gasteiger partial charge in [0.1, 0.15) is 0 Å². The molecule has 0 heterocycles. The molecule has 3 heteroatoms. The lowest BCUT2D eigenvalue weighted by Crippen LogP contribution is -2.37. The average molecular weight is 215 g/mol. The van der Waals surface area contributed by atoms with Crippen LogP contribution in [0.2, 0.25) is 0 Å². The summed E-state index contributed by atoms with van der Waals surface area (Å²) in [7, 11) is 1.43. The largest absolute Gasteiger partial charge is 0.469 e. The molecule has 0 bridgehead atoms. The second-order valence-corrected chi connectivity index (χ2v) is 4.50. The van der Waals surface area contributed by atoms with Crippen molar-refractivity contribution in [1.29, 1.82) is 0 Å². The van der Waals surface area contributed by atoms with E-state index >= 15 is 0 Å². The van der Waals surface area contributed by atoms with Gasteiger partial charge in [-0.15, -0.1) is 0 Å². The molecule has 0 aliphatic rings. The number of rotatable bonds is 7. The van der Waals surface area contributed by atoms with E-state index < -0.39 is 0 Å². The van der Waals surface area contributed by atoms with Crippen molar-refractivity contribution in [3.05, 3.63) is 0 Å². The van der Waals surface area contributed by atoms with Crippen LogP contribution >= 0.6 is 0 Å². The molecule has 1 N–H and O–H groups in total. The lowest BCUT2D eigenvalue weighted by molar-refractivity contribution is -0.141. The topological polar surface area (TPSA) is 38.3 Å². The van der Waals surface area contributed by atoms with Crippen LogP contribution in [-0.4, -0.2) is 25.2 Å². The highest BCUT2D eigenvalue weighted by atomic mass is 16.5. The highest BCUT2D eigenvalue weighted by molar-refractivity contribution is 5.69. The van der Waals surface area contributed by atoms with Crippen molar-refractivity contribution in [3.8, 4) is 0 Å². The van der Waals surface area contributed by atoms with Gasteiger partial charge in [0.25, 0.3) is 0 Å². The van der Waals surface area contributed by atoms with E-state index in [1.165, 1.54) is 13.5 Å². The molecular formula is C12H25NO2. The number of carbonyl (C=O) groups excluding carboxylic acids is 1. The van der Waals surface area contributed by atoms with Crippen LogP contribution in [0.4, 0.5) is 0 Å². The molecule has 0 radical (unpaired) electrons. The number of nitrogens with one attached hydrogen (secondary N) is 1. The summed E-state index contributed by atoms with van der Waals surface area (Å²) in [4.78, 5) is 11.0. The first-order chi connectivity index (χ1) is 6.99. The molecule has 0 rings (SSSR count). The molecule has 3 nitrogen and oxygen atoms in total. The second kappa shape index (κ2) is 7.69. The lowest BCUT2D eigenvalue weighted by Gasteiger charge is -2.21. The molecule has 3 unspecified atom stereocenters. The van der Waals surface area contributed by atoms with E-state index in [0.29, 0.717) is 12.5 Å². The molecule has 0 saturated carbocycles. The van der Waals surface area contributed by atoms with Gasteiger partial charge >= 0.3 is 5.97 Å². The first-order valence-electron chi connectivity index (χ1n) is 5.82. The van der Waals surface area contributed by atoms with Crippen LogP contribution in [0.15, 0.2) is 0 Å². The molecule has 0 aromatic carbocycles. The lowest BCUT2D eigenvalue weighted by atomic mass is 10.00. The van der Waals surface area contributed by atoms with Gasteiger partial charge in [0.15, 0.2) is 0 Å². The number of hydrogen-bond acceptors (Lipinski definition) is 3. The Labute approximate surface area is 93.6 Å². The van der Waals surface area contributed by atoms with Crippen LogP contribution in [0, 0.1) is 5.92 Å².